The molecule has 3 rings (SSSR count). The Morgan fingerprint density at radius 1 is 1.03 bits per heavy atom. The maximum absolute atomic E-state index is 12.8. The highest BCUT2D eigenvalue weighted by molar-refractivity contribution is 7.87. The van der Waals surface area contributed by atoms with Crippen molar-refractivity contribution in [2.75, 3.05) is 23.7 Å². The predicted octanol–water partition coefficient (Wildman–Crippen LogP) is 6.18. The van der Waals surface area contributed by atoms with Crippen LogP contribution in [0.4, 0.5) is 10.8 Å². The van der Waals surface area contributed by atoms with Gasteiger partial charge >= 0.3 is 10.1 Å². The number of hydrogen-bond donors (Lipinski definition) is 3. The fraction of sp³-hybridized carbons (Fsp3) is 0.462. The van der Waals surface area contributed by atoms with Crippen molar-refractivity contribution in [3.8, 4) is 5.75 Å². The Kier molecular flexibility index (Phi) is 11.6. The zero-order chi connectivity index (χ0) is 26.2. The van der Waals surface area contributed by atoms with Crippen molar-refractivity contribution in [1.82, 2.24) is 4.98 Å². The minimum Gasteiger partial charge on any atom is -0.385 e. The molecule has 1 amide bonds. The zero-order valence-electron chi connectivity index (χ0n) is 21.6. The lowest BCUT2D eigenvalue weighted by molar-refractivity contribution is -0.116. The Morgan fingerprint density at radius 2 is 1.70 bits per heavy atom. The van der Waals surface area contributed by atoms with Crippen molar-refractivity contribution in [2.45, 2.75) is 64.2 Å². The molecule has 0 aliphatic carbocycles. The summed E-state index contributed by atoms with van der Waals surface area (Å²) in [5.74, 6) is 0.115. The van der Waals surface area contributed by atoms with Crippen molar-refractivity contribution in [2.24, 2.45) is 11.1 Å². The first-order chi connectivity index (χ1) is 17.1. The van der Waals surface area contributed by atoms with Crippen LogP contribution < -0.4 is 20.6 Å². The summed E-state index contributed by atoms with van der Waals surface area (Å²) in [5.41, 5.74) is 7.10. The maximum Gasteiger partial charge on any atom is 0.339 e. The number of nitrogens with one attached hydrogen (secondary N) is 2. The number of hydrogen-bond acceptors (Lipinski definition) is 8. The van der Waals surface area contributed by atoms with Gasteiger partial charge in [-0.2, -0.15) is 8.42 Å². The summed E-state index contributed by atoms with van der Waals surface area (Å²) in [6, 6.07) is 11.4. The number of nitrogens with two attached hydrogens (primary N) is 1. The summed E-state index contributed by atoms with van der Waals surface area (Å²) in [6.07, 6.45) is 5.46. The quantitative estimate of drug-likeness (QED) is 0.166. The average Bonchev–Trinajstić information content (AvgIpc) is 3.21. The van der Waals surface area contributed by atoms with Gasteiger partial charge in [-0.05, 0) is 61.2 Å². The highest BCUT2D eigenvalue weighted by atomic mass is 35.5. The highest BCUT2D eigenvalue weighted by Crippen LogP contribution is 2.31. The number of carbonyl (C=O) groups is 1. The number of rotatable bonds is 13. The van der Waals surface area contributed by atoms with E-state index in [0.29, 0.717) is 23.6 Å². The molecule has 0 radical (unpaired) electrons. The summed E-state index contributed by atoms with van der Waals surface area (Å²) >= 11 is 1.28. The normalized spacial score (nSPS) is 11.7. The van der Waals surface area contributed by atoms with E-state index in [2.05, 4.69) is 36.4 Å². The summed E-state index contributed by atoms with van der Waals surface area (Å²) in [4.78, 5) is 16.7. The van der Waals surface area contributed by atoms with Gasteiger partial charge in [-0.25, -0.2) is 4.98 Å². The molecular weight excluding hydrogens is 532 g/mol. The smallest absolute Gasteiger partial charge is 0.339 e. The molecule has 0 atom stereocenters. The molecule has 0 fully saturated rings. The van der Waals surface area contributed by atoms with Crippen LogP contribution >= 0.6 is 23.7 Å². The Morgan fingerprint density at radius 3 is 2.38 bits per heavy atom. The van der Waals surface area contributed by atoms with Crippen LogP contribution in [0.2, 0.25) is 0 Å². The summed E-state index contributed by atoms with van der Waals surface area (Å²) in [6.45, 7) is 7.84. The van der Waals surface area contributed by atoms with Crippen LogP contribution in [0.1, 0.15) is 59.3 Å². The monoisotopic (exact) mass is 568 g/mol. The van der Waals surface area contributed by atoms with E-state index < -0.39 is 10.1 Å². The van der Waals surface area contributed by atoms with Gasteiger partial charge in [0.15, 0.2) is 5.13 Å². The second-order valence-electron chi connectivity index (χ2n) is 9.98. The van der Waals surface area contributed by atoms with E-state index in [4.69, 9.17) is 9.92 Å². The highest BCUT2D eigenvalue weighted by Gasteiger charge is 2.18. The van der Waals surface area contributed by atoms with Gasteiger partial charge in [0.05, 0.1) is 10.2 Å². The molecule has 37 heavy (non-hydrogen) atoms. The van der Waals surface area contributed by atoms with E-state index in [1.54, 1.807) is 30.3 Å². The first kappa shape index (κ1) is 30.8. The molecule has 8 nitrogen and oxygen atoms in total. The summed E-state index contributed by atoms with van der Waals surface area (Å²) in [7, 11) is -3.99. The van der Waals surface area contributed by atoms with E-state index in [-0.39, 0.29) is 34.4 Å². The molecule has 0 unspecified atom stereocenters. The van der Waals surface area contributed by atoms with Crippen LogP contribution in [-0.2, 0) is 14.9 Å². The largest absolute Gasteiger partial charge is 0.385 e. The van der Waals surface area contributed by atoms with Gasteiger partial charge in [-0.3, -0.25) is 4.79 Å². The van der Waals surface area contributed by atoms with Crippen molar-refractivity contribution in [3.05, 3.63) is 42.5 Å². The lowest BCUT2D eigenvalue weighted by Gasteiger charge is -2.19. The molecule has 1 heterocycles. The minimum atomic E-state index is -3.99. The number of anilines is 2. The van der Waals surface area contributed by atoms with Gasteiger partial charge in [-0.15, -0.1) is 12.4 Å². The molecule has 3 aromatic rings. The van der Waals surface area contributed by atoms with E-state index in [1.807, 2.05) is 0 Å². The number of amides is 1. The fourth-order valence-electron chi connectivity index (χ4n) is 3.43. The number of halogens is 1. The lowest BCUT2D eigenvalue weighted by atomic mass is 9.97. The Bertz CT molecular complexity index is 1260. The van der Waals surface area contributed by atoms with Gasteiger partial charge in [-0.1, -0.05) is 51.4 Å². The number of thiazole rings is 1. The molecule has 0 bridgehead atoms. The second kappa shape index (κ2) is 13.9. The van der Waals surface area contributed by atoms with Gasteiger partial charge in [0.2, 0.25) is 5.91 Å². The van der Waals surface area contributed by atoms with Crippen LogP contribution in [0.5, 0.6) is 5.75 Å². The number of fused-ring (bicyclic) bond motifs is 1. The van der Waals surface area contributed by atoms with Crippen molar-refractivity contribution >= 4 is 60.8 Å². The first-order valence-corrected chi connectivity index (χ1v) is 14.5. The Hall–Kier alpha value is -2.40. The number of nitrogens with zero attached hydrogens (tertiary/aromatic N) is 1. The predicted molar refractivity (Wildman–Crippen MR) is 154 cm³/mol. The van der Waals surface area contributed by atoms with E-state index >= 15 is 0 Å². The second-order valence-corrected chi connectivity index (χ2v) is 12.6. The first-order valence-electron chi connectivity index (χ1n) is 12.2. The third-order valence-corrected chi connectivity index (χ3v) is 7.58. The Balaban J connectivity index is 0.00000481. The molecule has 0 aliphatic rings. The number of aromatic nitrogens is 1. The molecule has 0 aliphatic heterocycles. The van der Waals surface area contributed by atoms with Crippen LogP contribution in [0.15, 0.2) is 47.4 Å². The number of unbranched alkanes of at least 4 members (excludes halogenated alkanes) is 4. The Labute approximate surface area is 229 Å². The van der Waals surface area contributed by atoms with Crippen molar-refractivity contribution in [3.63, 3.8) is 0 Å². The molecule has 1 aromatic heterocycles. The van der Waals surface area contributed by atoms with Gasteiger partial charge in [0.1, 0.15) is 10.6 Å². The van der Waals surface area contributed by atoms with Crippen LogP contribution in [0, 0.1) is 5.41 Å². The molecule has 11 heteroatoms. The van der Waals surface area contributed by atoms with Crippen LogP contribution in [0.25, 0.3) is 10.2 Å². The van der Waals surface area contributed by atoms with E-state index in [0.717, 1.165) is 49.0 Å². The summed E-state index contributed by atoms with van der Waals surface area (Å²) in [5, 5.41) is 6.61. The van der Waals surface area contributed by atoms with Gasteiger partial charge in [0, 0.05) is 24.7 Å². The van der Waals surface area contributed by atoms with Crippen LogP contribution in [0.3, 0.4) is 0 Å². The van der Waals surface area contributed by atoms with Crippen molar-refractivity contribution in [1.29, 1.82) is 0 Å². The molecule has 0 saturated heterocycles. The molecule has 0 spiro atoms. The number of carbonyl (C=O) groups excluding carboxylic acids is 1. The molecule has 4 N–H and O–H groups in total. The van der Waals surface area contributed by atoms with E-state index in [1.165, 1.54) is 23.5 Å². The third kappa shape index (κ3) is 10.1. The molecule has 0 saturated carbocycles. The van der Waals surface area contributed by atoms with Gasteiger partial charge < -0.3 is 20.6 Å². The lowest BCUT2D eigenvalue weighted by Crippen LogP contribution is -2.19. The topological polar surface area (TPSA) is 123 Å². The number of benzene rings is 2. The third-order valence-electron chi connectivity index (χ3n) is 5.39. The van der Waals surface area contributed by atoms with Crippen molar-refractivity contribution < 1.29 is 17.4 Å². The summed E-state index contributed by atoms with van der Waals surface area (Å²) < 4.78 is 31.7. The molecule has 2 aromatic carbocycles. The standard InChI is InChI=1S/C26H36N4O4S2.ClH/c1-26(2,3)18-28-19-10-13-21(14-11-19)36(32,33)34-20-12-15-22-23(17-20)35-25(29-22)30-24(31)9-7-5-4-6-8-16-27;/h10-15,17,28H,4-9,16,18,27H2,1-3H3,(H,29,30,31);1H. The minimum absolute atomic E-state index is 0. The average molecular weight is 569 g/mol. The SMILES string of the molecule is CC(C)(C)CNc1ccc(S(=O)(=O)Oc2ccc3nc(NC(=O)CCCCCCCN)sc3c2)cc1.Cl. The van der Waals surface area contributed by atoms with E-state index in [9.17, 15) is 13.2 Å². The van der Waals surface area contributed by atoms with Gasteiger partial charge in [0.25, 0.3) is 0 Å². The zero-order valence-corrected chi connectivity index (χ0v) is 24.0. The van der Waals surface area contributed by atoms with Crippen LogP contribution in [-0.4, -0.2) is 32.4 Å². The fourth-order valence-corrected chi connectivity index (χ4v) is 5.27. The maximum atomic E-state index is 12.8. The molecule has 204 valence electrons. The molecular formula is C26H37ClN4O4S2.